The van der Waals surface area contributed by atoms with Crippen LogP contribution in [0.5, 0.6) is 0 Å². The molecule has 0 bridgehead atoms. The highest BCUT2D eigenvalue weighted by Gasteiger charge is 2.20. The molecule has 4 nitrogen and oxygen atoms in total. The van der Waals surface area contributed by atoms with Crippen molar-refractivity contribution in [2.24, 2.45) is 11.7 Å². The zero-order valence-electron chi connectivity index (χ0n) is 10.6. The van der Waals surface area contributed by atoms with Gasteiger partial charge in [-0.2, -0.15) is 0 Å². The topological polar surface area (TPSA) is 49.6 Å². The van der Waals surface area contributed by atoms with E-state index in [9.17, 15) is 4.79 Å². The molecule has 1 heterocycles. The Labute approximate surface area is 98.8 Å². The van der Waals surface area contributed by atoms with Crippen molar-refractivity contribution in [3.05, 3.63) is 0 Å². The van der Waals surface area contributed by atoms with Crippen molar-refractivity contribution < 1.29 is 4.79 Å². The zero-order chi connectivity index (χ0) is 12.0. The minimum absolute atomic E-state index is 0.121. The summed E-state index contributed by atoms with van der Waals surface area (Å²) in [7, 11) is 0. The van der Waals surface area contributed by atoms with Crippen molar-refractivity contribution in [1.29, 1.82) is 0 Å². The Bertz CT molecular complexity index is 218. The van der Waals surface area contributed by atoms with E-state index in [1.54, 1.807) is 0 Å². The highest BCUT2D eigenvalue weighted by molar-refractivity contribution is 5.78. The van der Waals surface area contributed by atoms with E-state index in [4.69, 9.17) is 5.73 Å². The first kappa shape index (κ1) is 13.5. The van der Waals surface area contributed by atoms with E-state index in [1.807, 2.05) is 18.7 Å². The summed E-state index contributed by atoms with van der Waals surface area (Å²) in [6, 6.07) is 0. The van der Waals surface area contributed by atoms with Crippen LogP contribution in [0.1, 0.15) is 26.7 Å². The van der Waals surface area contributed by atoms with Crippen LogP contribution in [0.2, 0.25) is 0 Å². The van der Waals surface area contributed by atoms with Crippen molar-refractivity contribution in [2.75, 3.05) is 39.3 Å². The van der Waals surface area contributed by atoms with Crippen molar-refractivity contribution in [3.8, 4) is 0 Å². The van der Waals surface area contributed by atoms with E-state index in [1.165, 1.54) is 0 Å². The average molecular weight is 227 g/mol. The molecular weight excluding hydrogens is 202 g/mol. The Morgan fingerprint density at radius 1 is 1.25 bits per heavy atom. The second-order valence-electron chi connectivity index (χ2n) is 4.82. The highest BCUT2D eigenvalue weighted by Crippen LogP contribution is 2.07. The normalized spacial score (nSPS) is 18.9. The third-order valence-corrected chi connectivity index (χ3v) is 3.07. The van der Waals surface area contributed by atoms with Gasteiger partial charge in [-0.15, -0.1) is 0 Å². The second-order valence-corrected chi connectivity index (χ2v) is 4.82. The molecule has 16 heavy (non-hydrogen) atoms. The third kappa shape index (κ3) is 4.10. The van der Waals surface area contributed by atoms with E-state index >= 15 is 0 Å². The first-order chi connectivity index (χ1) is 7.65. The van der Waals surface area contributed by atoms with Crippen LogP contribution in [0.3, 0.4) is 0 Å². The Kier molecular flexibility index (Phi) is 5.77. The molecule has 1 aliphatic heterocycles. The lowest BCUT2D eigenvalue weighted by Gasteiger charge is -2.23. The molecule has 1 fully saturated rings. The molecule has 0 atom stereocenters. The van der Waals surface area contributed by atoms with Gasteiger partial charge in [-0.1, -0.05) is 13.8 Å². The van der Waals surface area contributed by atoms with Gasteiger partial charge in [0.05, 0.1) is 0 Å². The van der Waals surface area contributed by atoms with E-state index in [0.717, 1.165) is 52.1 Å². The van der Waals surface area contributed by atoms with Gasteiger partial charge in [0.15, 0.2) is 0 Å². The van der Waals surface area contributed by atoms with E-state index in [-0.39, 0.29) is 5.92 Å². The molecule has 0 saturated carbocycles. The maximum Gasteiger partial charge on any atom is 0.225 e. The number of nitrogens with zero attached hydrogens (tertiary/aromatic N) is 2. The number of hydrogen-bond acceptors (Lipinski definition) is 3. The number of rotatable bonds is 4. The molecule has 0 spiro atoms. The predicted molar refractivity (Wildman–Crippen MR) is 66.1 cm³/mol. The van der Waals surface area contributed by atoms with E-state index in [2.05, 4.69) is 4.90 Å². The fourth-order valence-electron chi connectivity index (χ4n) is 2.09. The molecule has 94 valence electrons. The number of amides is 1. The van der Waals surface area contributed by atoms with Crippen molar-refractivity contribution >= 4 is 5.91 Å². The minimum Gasteiger partial charge on any atom is -0.341 e. The molecular formula is C12H25N3O. The van der Waals surface area contributed by atoms with Gasteiger partial charge in [-0.05, 0) is 32.5 Å². The van der Waals surface area contributed by atoms with Crippen LogP contribution in [0, 0.1) is 5.92 Å². The van der Waals surface area contributed by atoms with Gasteiger partial charge in [0.2, 0.25) is 5.91 Å². The molecule has 1 saturated heterocycles. The Hall–Kier alpha value is -0.610. The molecule has 1 amide bonds. The largest absolute Gasteiger partial charge is 0.341 e. The summed E-state index contributed by atoms with van der Waals surface area (Å²) < 4.78 is 0. The van der Waals surface area contributed by atoms with Crippen LogP contribution >= 0.6 is 0 Å². The zero-order valence-corrected chi connectivity index (χ0v) is 10.6. The van der Waals surface area contributed by atoms with Crippen LogP contribution in [0.4, 0.5) is 0 Å². The summed E-state index contributed by atoms with van der Waals surface area (Å²) in [5.74, 6) is 0.413. The number of carbonyl (C=O) groups is 1. The van der Waals surface area contributed by atoms with Gasteiger partial charge in [0.1, 0.15) is 0 Å². The molecule has 0 aromatic rings. The van der Waals surface area contributed by atoms with Crippen LogP contribution < -0.4 is 5.73 Å². The van der Waals surface area contributed by atoms with Crippen LogP contribution in [0.15, 0.2) is 0 Å². The SMILES string of the molecule is CC(C)C(=O)N1CCCN(CCCN)CC1. The van der Waals surface area contributed by atoms with Crippen molar-refractivity contribution in [3.63, 3.8) is 0 Å². The fraction of sp³-hybridized carbons (Fsp3) is 0.917. The lowest BCUT2D eigenvalue weighted by molar-refractivity contribution is -0.134. The maximum atomic E-state index is 11.9. The minimum atomic E-state index is 0.121. The number of hydrogen-bond donors (Lipinski definition) is 1. The molecule has 1 rings (SSSR count). The molecule has 0 aliphatic carbocycles. The van der Waals surface area contributed by atoms with Crippen molar-refractivity contribution in [1.82, 2.24) is 9.80 Å². The Balaban J connectivity index is 2.37. The van der Waals surface area contributed by atoms with E-state index in [0.29, 0.717) is 5.91 Å². The van der Waals surface area contributed by atoms with Crippen LogP contribution in [-0.2, 0) is 4.79 Å². The predicted octanol–water partition coefficient (Wildman–Crippen LogP) is 0.526. The molecule has 1 aliphatic rings. The summed E-state index contributed by atoms with van der Waals surface area (Å²) in [6.45, 7) is 9.65. The highest BCUT2D eigenvalue weighted by atomic mass is 16.2. The molecule has 4 heteroatoms. The Morgan fingerprint density at radius 3 is 2.62 bits per heavy atom. The molecule has 2 N–H and O–H groups in total. The smallest absolute Gasteiger partial charge is 0.225 e. The number of carbonyl (C=O) groups excluding carboxylic acids is 1. The second kappa shape index (κ2) is 6.86. The summed E-state index contributed by atoms with van der Waals surface area (Å²) in [5, 5.41) is 0. The Morgan fingerprint density at radius 2 is 2.00 bits per heavy atom. The number of nitrogens with two attached hydrogens (primary N) is 1. The quantitative estimate of drug-likeness (QED) is 0.762. The van der Waals surface area contributed by atoms with Crippen LogP contribution in [0.25, 0.3) is 0 Å². The first-order valence-electron chi connectivity index (χ1n) is 6.36. The van der Waals surface area contributed by atoms with E-state index < -0.39 is 0 Å². The first-order valence-corrected chi connectivity index (χ1v) is 6.36. The molecule has 0 aromatic carbocycles. The molecule has 0 unspecified atom stereocenters. The lowest BCUT2D eigenvalue weighted by atomic mass is 10.2. The molecule has 0 aromatic heterocycles. The summed E-state index contributed by atoms with van der Waals surface area (Å²) in [4.78, 5) is 16.3. The monoisotopic (exact) mass is 227 g/mol. The summed E-state index contributed by atoms with van der Waals surface area (Å²) in [6.07, 6.45) is 2.14. The van der Waals surface area contributed by atoms with Gasteiger partial charge in [0, 0.05) is 25.6 Å². The van der Waals surface area contributed by atoms with Gasteiger partial charge >= 0.3 is 0 Å². The third-order valence-electron chi connectivity index (χ3n) is 3.07. The lowest BCUT2D eigenvalue weighted by Crippen LogP contribution is -2.37. The van der Waals surface area contributed by atoms with Gasteiger partial charge < -0.3 is 15.5 Å². The fourth-order valence-corrected chi connectivity index (χ4v) is 2.09. The van der Waals surface area contributed by atoms with Crippen LogP contribution in [-0.4, -0.2) is 55.0 Å². The van der Waals surface area contributed by atoms with Gasteiger partial charge in [-0.3, -0.25) is 4.79 Å². The molecule has 0 radical (unpaired) electrons. The summed E-state index contributed by atoms with van der Waals surface area (Å²) in [5.41, 5.74) is 5.51. The summed E-state index contributed by atoms with van der Waals surface area (Å²) >= 11 is 0. The van der Waals surface area contributed by atoms with Gasteiger partial charge in [0.25, 0.3) is 0 Å². The average Bonchev–Trinajstić information content (AvgIpc) is 2.50. The van der Waals surface area contributed by atoms with Crippen molar-refractivity contribution in [2.45, 2.75) is 26.7 Å². The standard InChI is InChI=1S/C12H25N3O/c1-11(2)12(16)15-8-4-7-14(9-10-15)6-3-5-13/h11H,3-10,13H2,1-2H3. The van der Waals surface area contributed by atoms with Gasteiger partial charge in [-0.25, -0.2) is 0 Å². The maximum absolute atomic E-state index is 11.9.